The van der Waals surface area contributed by atoms with Gasteiger partial charge in [0.1, 0.15) is 5.60 Å². The molecule has 0 radical (unpaired) electrons. The monoisotopic (exact) mass is 396 g/mol. The van der Waals surface area contributed by atoms with Crippen LogP contribution in [0.15, 0.2) is 66.9 Å². The summed E-state index contributed by atoms with van der Waals surface area (Å²) in [7, 11) is 3.19. The molecule has 1 heterocycles. The fourth-order valence-electron chi connectivity index (χ4n) is 3.64. The van der Waals surface area contributed by atoms with Gasteiger partial charge in [0.2, 0.25) is 0 Å². The summed E-state index contributed by atoms with van der Waals surface area (Å²) in [4.78, 5) is 12.3. The standard InChI is InChI=1S/C24H28O5/c1-23(2)17-29-24(16-21(26-3)27-4,20-13-9-8-12-19(20)23)14-15-28-22(25)18-10-6-5-7-11-18/h5-15,21H,16-17H2,1-4H3. The van der Waals surface area contributed by atoms with Crippen molar-refractivity contribution in [2.24, 2.45) is 0 Å². The molecule has 3 rings (SSSR count). The molecule has 5 nitrogen and oxygen atoms in total. The van der Waals surface area contributed by atoms with Gasteiger partial charge in [0, 0.05) is 26.1 Å². The van der Waals surface area contributed by atoms with Crippen LogP contribution in [-0.2, 0) is 30.0 Å². The number of hydrogen-bond donors (Lipinski definition) is 0. The van der Waals surface area contributed by atoms with Crippen molar-refractivity contribution < 1.29 is 23.7 Å². The number of fused-ring (bicyclic) bond motifs is 1. The number of carbonyl (C=O) groups is 1. The van der Waals surface area contributed by atoms with Crippen molar-refractivity contribution in [1.29, 1.82) is 0 Å². The van der Waals surface area contributed by atoms with Crippen molar-refractivity contribution in [3.05, 3.63) is 83.6 Å². The lowest BCUT2D eigenvalue weighted by Crippen LogP contribution is -2.44. The Labute approximate surface area is 172 Å². The molecular formula is C24H28O5. The van der Waals surface area contributed by atoms with Gasteiger partial charge >= 0.3 is 5.97 Å². The van der Waals surface area contributed by atoms with Crippen LogP contribution in [0.25, 0.3) is 0 Å². The van der Waals surface area contributed by atoms with E-state index < -0.39 is 17.9 Å². The fraction of sp³-hybridized carbons (Fsp3) is 0.375. The second kappa shape index (κ2) is 8.91. The highest BCUT2D eigenvalue weighted by Crippen LogP contribution is 2.45. The van der Waals surface area contributed by atoms with Crippen LogP contribution in [0.2, 0.25) is 0 Å². The van der Waals surface area contributed by atoms with Crippen LogP contribution < -0.4 is 0 Å². The smallest absolute Gasteiger partial charge is 0.342 e. The summed E-state index contributed by atoms with van der Waals surface area (Å²) in [6.45, 7) is 4.82. The highest BCUT2D eigenvalue weighted by Gasteiger charge is 2.44. The average molecular weight is 396 g/mol. The lowest BCUT2D eigenvalue weighted by Gasteiger charge is -2.44. The number of hydrogen-bond acceptors (Lipinski definition) is 5. The highest BCUT2D eigenvalue weighted by atomic mass is 16.7. The number of esters is 1. The zero-order valence-corrected chi connectivity index (χ0v) is 17.4. The Hall–Kier alpha value is -2.47. The summed E-state index contributed by atoms with van der Waals surface area (Å²) < 4.78 is 22.7. The summed E-state index contributed by atoms with van der Waals surface area (Å²) >= 11 is 0. The molecule has 5 heteroatoms. The molecule has 0 fully saturated rings. The zero-order chi connectivity index (χ0) is 20.9. The van der Waals surface area contributed by atoms with Crippen LogP contribution in [0.5, 0.6) is 0 Å². The van der Waals surface area contributed by atoms with E-state index in [-0.39, 0.29) is 5.41 Å². The lowest BCUT2D eigenvalue weighted by atomic mass is 9.73. The summed E-state index contributed by atoms with van der Waals surface area (Å²) in [6, 6.07) is 17.0. The third-order valence-electron chi connectivity index (χ3n) is 5.32. The second-order valence-corrected chi connectivity index (χ2v) is 7.79. The van der Waals surface area contributed by atoms with Crippen molar-refractivity contribution in [3.63, 3.8) is 0 Å². The Morgan fingerprint density at radius 2 is 1.66 bits per heavy atom. The van der Waals surface area contributed by atoms with Crippen LogP contribution in [0.4, 0.5) is 0 Å². The van der Waals surface area contributed by atoms with E-state index in [2.05, 4.69) is 19.9 Å². The van der Waals surface area contributed by atoms with Crippen molar-refractivity contribution in [1.82, 2.24) is 0 Å². The maximum Gasteiger partial charge on any atom is 0.342 e. The third kappa shape index (κ3) is 4.58. The number of methoxy groups -OCH3 is 2. The van der Waals surface area contributed by atoms with Gasteiger partial charge in [-0.1, -0.05) is 56.3 Å². The first-order valence-electron chi connectivity index (χ1n) is 9.65. The van der Waals surface area contributed by atoms with Gasteiger partial charge in [-0.3, -0.25) is 0 Å². The third-order valence-corrected chi connectivity index (χ3v) is 5.32. The first-order chi connectivity index (χ1) is 13.9. The molecule has 1 aliphatic heterocycles. The zero-order valence-electron chi connectivity index (χ0n) is 17.4. The van der Waals surface area contributed by atoms with Gasteiger partial charge in [0.15, 0.2) is 6.29 Å². The predicted octanol–water partition coefficient (Wildman–Crippen LogP) is 4.57. The topological polar surface area (TPSA) is 54.0 Å². The van der Waals surface area contributed by atoms with Gasteiger partial charge in [0.05, 0.1) is 18.4 Å². The Kier molecular flexibility index (Phi) is 6.52. The van der Waals surface area contributed by atoms with E-state index in [1.54, 1.807) is 44.6 Å². The second-order valence-electron chi connectivity index (χ2n) is 7.79. The van der Waals surface area contributed by atoms with E-state index in [9.17, 15) is 4.79 Å². The molecule has 29 heavy (non-hydrogen) atoms. The number of rotatable bonds is 7. The summed E-state index contributed by atoms with van der Waals surface area (Å²) in [5.74, 6) is -0.420. The SMILES string of the molecule is COC(CC1(C=COC(=O)c2ccccc2)OCC(C)(C)c2ccccc21)OC. The molecule has 0 aliphatic carbocycles. The van der Waals surface area contributed by atoms with Gasteiger partial charge < -0.3 is 18.9 Å². The van der Waals surface area contributed by atoms with Gasteiger partial charge in [0.25, 0.3) is 0 Å². The maximum absolute atomic E-state index is 12.3. The van der Waals surface area contributed by atoms with Gasteiger partial charge in [-0.05, 0) is 29.3 Å². The summed E-state index contributed by atoms with van der Waals surface area (Å²) in [5.41, 5.74) is 1.73. The number of carbonyl (C=O) groups excluding carboxylic acids is 1. The lowest BCUT2D eigenvalue weighted by molar-refractivity contribution is -0.157. The minimum absolute atomic E-state index is 0.135. The fourth-order valence-corrected chi connectivity index (χ4v) is 3.64. The van der Waals surface area contributed by atoms with Crippen molar-refractivity contribution in [2.75, 3.05) is 20.8 Å². The van der Waals surface area contributed by atoms with Gasteiger partial charge in [-0.15, -0.1) is 0 Å². The molecule has 2 aromatic carbocycles. The Bertz CT molecular complexity index is 855. The van der Waals surface area contributed by atoms with Crippen molar-refractivity contribution in [3.8, 4) is 0 Å². The first-order valence-corrected chi connectivity index (χ1v) is 9.65. The van der Waals surface area contributed by atoms with E-state index in [1.807, 2.05) is 24.3 Å². The molecule has 0 saturated carbocycles. The van der Waals surface area contributed by atoms with E-state index in [1.165, 1.54) is 11.8 Å². The van der Waals surface area contributed by atoms with E-state index in [4.69, 9.17) is 18.9 Å². The molecule has 0 N–H and O–H groups in total. The summed E-state index contributed by atoms with van der Waals surface area (Å²) in [6.07, 6.45) is 3.14. The minimum atomic E-state index is -0.834. The molecule has 0 amide bonds. The molecule has 0 aromatic heterocycles. The van der Waals surface area contributed by atoms with Crippen LogP contribution in [0, 0.1) is 0 Å². The van der Waals surface area contributed by atoms with Crippen LogP contribution >= 0.6 is 0 Å². The average Bonchev–Trinajstić information content (AvgIpc) is 2.75. The Morgan fingerprint density at radius 3 is 2.31 bits per heavy atom. The Morgan fingerprint density at radius 1 is 1.03 bits per heavy atom. The van der Waals surface area contributed by atoms with Crippen molar-refractivity contribution in [2.45, 2.75) is 37.6 Å². The maximum atomic E-state index is 12.3. The van der Waals surface area contributed by atoms with Gasteiger partial charge in [-0.2, -0.15) is 0 Å². The van der Waals surface area contributed by atoms with Crippen LogP contribution in [0.3, 0.4) is 0 Å². The Balaban J connectivity index is 1.94. The molecule has 0 saturated heterocycles. The molecule has 2 aromatic rings. The first kappa shape index (κ1) is 21.2. The van der Waals surface area contributed by atoms with Crippen LogP contribution in [0.1, 0.15) is 41.8 Å². The van der Waals surface area contributed by atoms with Crippen LogP contribution in [-0.4, -0.2) is 33.1 Å². The largest absolute Gasteiger partial charge is 0.431 e. The molecule has 0 spiro atoms. The van der Waals surface area contributed by atoms with E-state index in [0.29, 0.717) is 18.6 Å². The molecule has 0 bridgehead atoms. The number of ether oxygens (including phenoxy) is 4. The van der Waals surface area contributed by atoms with E-state index >= 15 is 0 Å². The molecule has 1 aliphatic rings. The summed E-state index contributed by atoms with van der Waals surface area (Å²) in [5, 5.41) is 0. The predicted molar refractivity (Wildman–Crippen MR) is 111 cm³/mol. The van der Waals surface area contributed by atoms with Crippen molar-refractivity contribution >= 4 is 5.97 Å². The molecule has 1 unspecified atom stereocenters. The minimum Gasteiger partial charge on any atom is -0.431 e. The molecule has 154 valence electrons. The molecular weight excluding hydrogens is 368 g/mol. The normalized spacial score (nSPS) is 20.6. The highest BCUT2D eigenvalue weighted by molar-refractivity contribution is 5.89. The van der Waals surface area contributed by atoms with Gasteiger partial charge in [-0.25, -0.2) is 4.79 Å². The quantitative estimate of drug-likeness (QED) is 0.390. The number of benzene rings is 2. The van der Waals surface area contributed by atoms with E-state index in [0.717, 1.165) is 5.56 Å². The molecule has 1 atom stereocenters.